The summed E-state index contributed by atoms with van der Waals surface area (Å²) in [5.41, 5.74) is 5.13. The zero-order valence-corrected chi connectivity index (χ0v) is 24.8. The van der Waals surface area contributed by atoms with E-state index in [1.54, 1.807) is 0 Å². The smallest absolute Gasteiger partial charge is 0.416 e. The monoisotopic (exact) mass is 588 g/mol. The molecule has 43 heavy (non-hydrogen) atoms. The highest BCUT2D eigenvalue weighted by atomic mass is 19.4. The Kier molecular flexibility index (Phi) is 11.9. The molecule has 0 saturated carbocycles. The zero-order chi connectivity index (χ0) is 30.7. The van der Waals surface area contributed by atoms with E-state index in [0.29, 0.717) is 31.8 Å². The predicted molar refractivity (Wildman–Crippen MR) is 170 cm³/mol. The van der Waals surface area contributed by atoms with Crippen molar-refractivity contribution in [3.63, 3.8) is 0 Å². The maximum Gasteiger partial charge on any atom is 0.416 e. The summed E-state index contributed by atoms with van der Waals surface area (Å²) in [6.45, 7) is 4.14. The van der Waals surface area contributed by atoms with Crippen molar-refractivity contribution in [2.75, 3.05) is 40.4 Å². The molecule has 224 valence electrons. The molecule has 0 aliphatic heterocycles. The van der Waals surface area contributed by atoms with Crippen molar-refractivity contribution in [3.05, 3.63) is 114 Å². The number of aryl methyl sites for hydroxylation is 1. The van der Waals surface area contributed by atoms with Crippen LogP contribution in [0.1, 0.15) is 16.7 Å². The minimum atomic E-state index is -4.38. The van der Waals surface area contributed by atoms with Crippen LogP contribution in [-0.4, -0.2) is 54.2 Å². The van der Waals surface area contributed by atoms with Crippen molar-refractivity contribution in [1.82, 2.24) is 10.6 Å². The largest absolute Gasteiger partial charge is 0.489 e. The number of likely N-dealkylation sites (N-methyl/N-ethyl adjacent to an activating group) is 2. The van der Waals surface area contributed by atoms with Gasteiger partial charge < -0.3 is 24.7 Å². The topological polar surface area (TPSA) is 51.8 Å². The molecule has 0 amide bonds. The number of rotatable bonds is 15. The van der Waals surface area contributed by atoms with Crippen LogP contribution in [0.3, 0.4) is 0 Å². The van der Waals surface area contributed by atoms with E-state index in [1.807, 2.05) is 62.6 Å². The number of alkyl halides is 3. The fourth-order valence-electron chi connectivity index (χ4n) is 4.61. The van der Waals surface area contributed by atoms with Gasteiger partial charge in [-0.1, -0.05) is 90.5 Å². The molecule has 4 rings (SSSR count). The Morgan fingerprint density at radius 2 is 1.02 bits per heavy atom. The third-order valence-electron chi connectivity index (χ3n) is 7.06. The number of hydrogen-bond donors (Lipinski definition) is 2. The third-order valence-corrected chi connectivity index (χ3v) is 7.06. The van der Waals surface area contributed by atoms with Gasteiger partial charge in [0.25, 0.3) is 0 Å². The van der Waals surface area contributed by atoms with Crippen LogP contribution >= 0.6 is 0 Å². The first-order chi connectivity index (χ1) is 20.8. The molecule has 0 heterocycles. The Morgan fingerprint density at radius 1 is 0.605 bits per heavy atom. The summed E-state index contributed by atoms with van der Waals surface area (Å²) in [6.07, 6.45) is -4.38. The van der Waals surface area contributed by atoms with Crippen molar-refractivity contribution >= 4 is 35.7 Å². The summed E-state index contributed by atoms with van der Waals surface area (Å²) in [5, 5.41) is 6.15. The van der Waals surface area contributed by atoms with Crippen LogP contribution in [0.4, 0.5) is 13.2 Å². The number of nitrogens with one attached hydrogen (secondary N) is 2. The van der Waals surface area contributed by atoms with E-state index in [9.17, 15) is 13.2 Å². The Labute approximate surface area is 253 Å². The van der Waals surface area contributed by atoms with E-state index < -0.39 is 18.7 Å². The second-order valence-corrected chi connectivity index (χ2v) is 10.3. The molecule has 0 aliphatic rings. The summed E-state index contributed by atoms with van der Waals surface area (Å²) in [5.74, 6) is 0.740. The molecule has 0 radical (unpaired) electrons. The molecule has 2 N–H and O–H groups in total. The van der Waals surface area contributed by atoms with Gasteiger partial charge in [-0.05, 0) is 60.6 Å². The summed E-state index contributed by atoms with van der Waals surface area (Å²) >= 11 is 0. The maximum absolute atomic E-state index is 13.1. The highest BCUT2D eigenvalue weighted by Crippen LogP contribution is 2.28. The third kappa shape index (κ3) is 9.46. The first-order valence-corrected chi connectivity index (χ1v) is 14.4. The fourth-order valence-corrected chi connectivity index (χ4v) is 4.61. The lowest BCUT2D eigenvalue weighted by atomic mass is 9.55. The molecule has 0 unspecified atom stereocenters. The normalized spacial score (nSPS) is 11.4. The van der Waals surface area contributed by atoms with Crippen LogP contribution in [0.2, 0.25) is 0 Å². The van der Waals surface area contributed by atoms with Crippen LogP contribution in [0.15, 0.2) is 97.1 Å². The summed E-state index contributed by atoms with van der Waals surface area (Å²) < 4.78 is 57.5. The Bertz CT molecular complexity index is 1390. The van der Waals surface area contributed by atoms with Gasteiger partial charge in [-0.3, -0.25) is 0 Å². The highest BCUT2D eigenvalue weighted by Gasteiger charge is 2.31. The van der Waals surface area contributed by atoms with Gasteiger partial charge in [0.05, 0.1) is 5.56 Å². The van der Waals surface area contributed by atoms with E-state index in [1.165, 1.54) is 17.7 Å². The quantitative estimate of drug-likeness (QED) is 0.165. The average molecular weight is 588 g/mol. The minimum absolute atomic E-state index is 0.177. The van der Waals surface area contributed by atoms with E-state index in [2.05, 4.69) is 41.8 Å². The van der Waals surface area contributed by atoms with Gasteiger partial charge in [0.1, 0.15) is 12.4 Å². The van der Waals surface area contributed by atoms with Crippen LogP contribution in [0.25, 0.3) is 0 Å². The standard InChI is InChI=1S/C33H37B2F3N2O3/c1-25-4-10-28(11-5-25)34(42-22-20-39-2)31-16-18-32(19-17-31)41-24-26-6-12-29(13-7-26)35(43-23-21-40-3)30-14-8-27(9-15-30)33(36,37)38/h4-19,39-40H,20-24H2,1-3H3. The molecule has 0 spiro atoms. The van der Waals surface area contributed by atoms with E-state index in [0.717, 1.165) is 46.4 Å². The van der Waals surface area contributed by atoms with Gasteiger partial charge in [0.2, 0.25) is 0 Å². The molecule has 0 atom stereocenters. The van der Waals surface area contributed by atoms with Gasteiger partial charge in [0, 0.05) is 26.3 Å². The molecule has 0 aliphatic carbocycles. The molecule has 0 fully saturated rings. The second-order valence-electron chi connectivity index (χ2n) is 10.3. The fraction of sp³-hybridized carbons (Fsp3) is 0.273. The molecule has 10 heteroatoms. The maximum atomic E-state index is 13.1. The lowest BCUT2D eigenvalue weighted by molar-refractivity contribution is -0.137. The Balaban J connectivity index is 1.42. The van der Waals surface area contributed by atoms with Crippen molar-refractivity contribution in [1.29, 1.82) is 0 Å². The van der Waals surface area contributed by atoms with E-state index >= 15 is 0 Å². The molecule has 0 aromatic heterocycles. The lowest BCUT2D eigenvalue weighted by Gasteiger charge is -2.17. The number of halogens is 3. The molecular formula is C33H37B2F3N2O3. The summed E-state index contributed by atoms with van der Waals surface area (Å²) in [4.78, 5) is 0. The van der Waals surface area contributed by atoms with Gasteiger partial charge >= 0.3 is 20.0 Å². The van der Waals surface area contributed by atoms with Crippen LogP contribution in [-0.2, 0) is 22.1 Å². The minimum Gasteiger partial charge on any atom is -0.489 e. The first-order valence-electron chi connectivity index (χ1n) is 14.4. The van der Waals surface area contributed by atoms with Gasteiger partial charge in [0.15, 0.2) is 0 Å². The van der Waals surface area contributed by atoms with Crippen molar-refractivity contribution in [3.8, 4) is 5.75 Å². The SMILES string of the molecule is CNCCOB(c1ccc(C)cc1)c1ccc(OCc2ccc(B(OCCNC)c3ccc(C(F)(F)F)cc3)cc2)cc1. The van der Waals surface area contributed by atoms with Crippen LogP contribution < -0.4 is 37.2 Å². The number of ether oxygens (including phenoxy) is 1. The van der Waals surface area contributed by atoms with Crippen molar-refractivity contribution in [2.24, 2.45) is 0 Å². The van der Waals surface area contributed by atoms with E-state index in [-0.39, 0.29) is 6.92 Å². The Morgan fingerprint density at radius 3 is 1.47 bits per heavy atom. The number of benzene rings is 4. The first kappa shape index (κ1) is 32.4. The van der Waals surface area contributed by atoms with E-state index in [4.69, 9.17) is 14.0 Å². The van der Waals surface area contributed by atoms with Crippen LogP contribution in [0.5, 0.6) is 5.75 Å². The molecule has 4 aromatic rings. The Hall–Kier alpha value is -3.56. The average Bonchev–Trinajstić information content (AvgIpc) is 3.01. The number of hydrogen-bond acceptors (Lipinski definition) is 5. The highest BCUT2D eigenvalue weighted by molar-refractivity contribution is 6.80. The molecular weight excluding hydrogens is 551 g/mol. The van der Waals surface area contributed by atoms with Crippen molar-refractivity contribution < 1.29 is 27.2 Å². The van der Waals surface area contributed by atoms with Gasteiger partial charge in [-0.2, -0.15) is 13.2 Å². The van der Waals surface area contributed by atoms with Gasteiger partial charge in [-0.25, -0.2) is 0 Å². The summed E-state index contributed by atoms with van der Waals surface area (Å²) in [7, 11) is 3.72. The predicted octanol–water partition coefficient (Wildman–Crippen LogP) is 3.28. The molecule has 0 saturated heterocycles. The molecule has 0 bridgehead atoms. The van der Waals surface area contributed by atoms with Gasteiger partial charge in [-0.15, -0.1) is 0 Å². The second kappa shape index (κ2) is 15.8. The lowest BCUT2D eigenvalue weighted by Crippen LogP contribution is -2.46. The summed E-state index contributed by atoms with van der Waals surface area (Å²) in [6, 6.07) is 29.2. The van der Waals surface area contributed by atoms with Crippen LogP contribution in [0, 0.1) is 6.92 Å². The molecule has 5 nitrogen and oxygen atoms in total. The molecule has 4 aromatic carbocycles. The zero-order valence-electron chi connectivity index (χ0n) is 24.8. The van der Waals surface area contributed by atoms with Crippen molar-refractivity contribution in [2.45, 2.75) is 19.7 Å².